The molecule has 5 nitrogen and oxygen atoms in total. The van der Waals surface area contributed by atoms with Gasteiger partial charge in [0.1, 0.15) is 12.1 Å². The number of fused-ring (bicyclic) bond motifs is 1. The molecule has 82 valence electrons. The first-order valence-corrected chi connectivity index (χ1v) is 5.17. The molecule has 1 aromatic rings. The van der Waals surface area contributed by atoms with E-state index in [-0.39, 0.29) is 6.04 Å². The molecule has 1 aliphatic heterocycles. The molecule has 0 amide bonds. The van der Waals surface area contributed by atoms with Crippen LogP contribution in [0.2, 0.25) is 0 Å². The standard InChI is InChI=1S/C10H16N4O/c1-7(11)4-12-10-8-5-15-3-2-9(8)13-6-14-10/h6-7H,2-5,11H2,1H3,(H,12,13,14). The van der Waals surface area contributed by atoms with Crippen LogP contribution in [0.5, 0.6) is 0 Å². The summed E-state index contributed by atoms with van der Waals surface area (Å²) >= 11 is 0. The summed E-state index contributed by atoms with van der Waals surface area (Å²) in [5.74, 6) is 0.858. The van der Waals surface area contributed by atoms with Gasteiger partial charge in [-0.05, 0) is 6.92 Å². The third kappa shape index (κ3) is 2.43. The van der Waals surface area contributed by atoms with Crippen LogP contribution in [0.1, 0.15) is 18.2 Å². The number of hydrogen-bond acceptors (Lipinski definition) is 5. The molecule has 0 radical (unpaired) electrons. The van der Waals surface area contributed by atoms with Crippen LogP contribution in [0.4, 0.5) is 5.82 Å². The molecule has 0 saturated heterocycles. The third-order valence-corrected chi connectivity index (χ3v) is 2.36. The Morgan fingerprint density at radius 3 is 3.27 bits per heavy atom. The maximum atomic E-state index is 5.68. The summed E-state index contributed by atoms with van der Waals surface area (Å²) < 4.78 is 5.39. The molecule has 0 fully saturated rings. The lowest BCUT2D eigenvalue weighted by atomic mass is 10.1. The molecule has 3 N–H and O–H groups in total. The number of anilines is 1. The van der Waals surface area contributed by atoms with E-state index < -0.39 is 0 Å². The number of ether oxygens (including phenoxy) is 1. The molecule has 2 heterocycles. The fraction of sp³-hybridized carbons (Fsp3) is 0.600. The van der Waals surface area contributed by atoms with Crippen LogP contribution < -0.4 is 11.1 Å². The fourth-order valence-corrected chi connectivity index (χ4v) is 1.57. The summed E-state index contributed by atoms with van der Waals surface area (Å²) in [6.07, 6.45) is 2.46. The first-order chi connectivity index (χ1) is 7.27. The van der Waals surface area contributed by atoms with Gasteiger partial charge in [0.2, 0.25) is 0 Å². The molecule has 1 aromatic heterocycles. The monoisotopic (exact) mass is 208 g/mol. The summed E-state index contributed by atoms with van der Waals surface area (Å²) in [4.78, 5) is 8.45. The van der Waals surface area contributed by atoms with E-state index in [4.69, 9.17) is 10.5 Å². The Hall–Kier alpha value is -1.20. The van der Waals surface area contributed by atoms with Crippen molar-refractivity contribution in [1.82, 2.24) is 9.97 Å². The van der Waals surface area contributed by atoms with Gasteiger partial charge in [-0.1, -0.05) is 0 Å². The molecule has 0 bridgehead atoms. The zero-order valence-corrected chi connectivity index (χ0v) is 8.86. The Labute approximate surface area is 89.1 Å². The lowest BCUT2D eigenvalue weighted by Gasteiger charge is -2.19. The Morgan fingerprint density at radius 1 is 1.60 bits per heavy atom. The normalized spacial score (nSPS) is 16.9. The van der Waals surface area contributed by atoms with Gasteiger partial charge in [-0.15, -0.1) is 0 Å². The molecule has 0 spiro atoms. The zero-order chi connectivity index (χ0) is 10.7. The van der Waals surface area contributed by atoms with E-state index in [1.807, 2.05) is 6.92 Å². The third-order valence-electron chi connectivity index (χ3n) is 2.36. The van der Waals surface area contributed by atoms with Crippen LogP contribution in [0.25, 0.3) is 0 Å². The number of aromatic nitrogens is 2. The van der Waals surface area contributed by atoms with Gasteiger partial charge in [0, 0.05) is 24.6 Å². The summed E-state index contributed by atoms with van der Waals surface area (Å²) in [7, 11) is 0. The lowest BCUT2D eigenvalue weighted by Crippen LogP contribution is -2.26. The van der Waals surface area contributed by atoms with Crippen molar-refractivity contribution in [2.75, 3.05) is 18.5 Å². The second kappa shape index (κ2) is 4.55. The maximum absolute atomic E-state index is 5.68. The zero-order valence-electron chi connectivity index (χ0n) is 8.86. The average Bonchev–Trinajstić information content (AvgIpc) is 2.26. The number of nitrogens with two attached hydrogens (primary N) is 1. The predicted octanol–water partition coefficient (Wildman–Crippen LogP) is 0.308. The van der Waals surface area contributed by atoms with E-state index in [2.05, 4.69) is 15.3 Å². The fourth-order valence-electron chi connectivity index (χ4n) is 1.57. The summed E-state index contributed by atoms with van der Waals surface area (Å²) in [6.45, 7) is 4.01. The minimum Gasteiger partial charge on any atom is -0.376 e. The summed E-state index contributed by atoms with van der Waals surface area (Å²) in [5, 5.41) is 3.22. The molecule has 5 heteroatoms. The molecule has 0 aliphatic carbocycles. The highest BCUT2D eigenvalue weighted by Gasteiger charge is 2.15. The minimum atomic E-state index is 0.111. The number of nitrogens with one attached hydrogen (secondary N) is 1. The van der Waals surface area contributed by atoms with E-state index in [0.717, 1.165) is 30.1 Å². The van der Waals surface area contributed by atoms with Crippen molar-refractivity contribution in [2.24, 2.45) is 5.73 Å². The SMILES string of the molecule is CC(N)CNc1ncnc2c1COCC2. The van der Waals surface area contributed by atoms with Crippen LogP contribution in [0.3, 0.4) is 0 Å². The summed E-state index contributed by atoms with van der Waals surface area (Å²) in [6, 6.07) is 0.111. The molecule has 1 atom stereocenters. The Morgan fingerprint density at radius 2 is 2.47 bits per heavy atom. The van der Waals surface area contributed by atoms with E-state index in [9.17, 15) is 0 Å². The van der Waals surface area contributed by atoms with Crippen molar-refractivity contribution in [2.45, 2.75) is 26.0 Å². The van der Waals surface area contributed by atoms with Crippen molar-refractivity contribution in [3.8, 4) is 0 Å². The van der Waals surface area contributed by atoms with Crippen LogP contribution in [-0.2, 0) is 17.8 Å². The quantitative estimate of drug-likeness (QED) is 0.747. The lowest BCUT2D eigenvalue weighted by molar-refractivity contribution is 0.109. The average molecular weight is 208 g/mol. The van der Waals surface area contributed by atoms with Crippen LogP contribution >= 0.6 is 0 Å². The first-order valence-electron chi connectivity index (χ1n) is 5.17. The molecule has 1 aliphatic rings. The Balaban J connectivity index is 2.16. The van der Waals surface area contributed by atoms with Crippen molar-refractivity contribution >= 4 is 5.82 Å². The van der Waals surface area contributed by atoms with Crippen molar-refractivity contribution < 1.29 is 4.74 Å². The van der Waals surface area contributed by atoms with Gasteiger partial charge in [-0.2, -0.15) is 0 Å². The Bertz CT molecular complexity index is 340. The molecule has 0 saturated carbocycles. The van der Waals surface area contributed by atoms with Gasteiger partial charge in [0.15, 0.2) is 0 Å². The number of hydrogen-bond donors (Lipinski definition) is 2. The highest BCUT2D eigenvalue weighted by atomic mass is 16.5. The maximum Gasteiger partial charge on any atom is 0.135 e. The molecular formula is C10H16N4O. The predicted molar refractivity (Wildman–Crippen MR) is 57.5 cm³/mol. The highest BCUT2D eigenvalue weighted by Crippen LogP contribution is 2.20. The topological polar surface area (TPSA) is 73.1 Å². The van der Waals surface area contributed by atoms with Gasteiger partial charge in [-0.25, -0.2) is 9.97 Å². The van der Waals surface area contributed by atoms with Crippen LogP contribution in [-0.4, -0.2) is 29.2 Å². The number of rotatable bonds is 3. The van der Waals surface area contributed by atoms with Gasteiger partial charge >= 0.3 is 0 Å². The number of nitrogens with zero attached hydrogens (tertiary/aromatic N) is 2. The Kier molecular flexibility index (Phi) is 3.13. The second-order valence-electron chi connectivity index (χ2n) is 3.81. The minimum absolute atomic E-state index is 0.111. The van der Waals surface area contributed by atoms with Crippen LogP contribution in [0, 0.1) is 0 Å². The summed E-state index contributed by atoms with van der Waals surface area (Å²) in [5.41, 5.74) is 7.84. The van der Waals surface area contributed by atoms with Crippen molar-refractivity contribution in [3.05, 3.63) is 17.6 Å². The molecule has 15 heavy (non-hydrogen) atoms. The van der Waals surface area contributed by atoms with Gasteiger partial charge in [-0.3, -0.25) is 0 Å². The van der Waals surface area contributed by atoms with Gasteiger partial charge < -0.3 is 15.8 Å². The second-order valence-corrected chi connectivity index (χ2v) is 3.81. The smallest absolute Gasteiger partial charge is 0.135 e. The molecule has 0 aromatic carbocycles. The molecule has 2 rings (SSSR count). The van der Waals surface area contributed by atoms with Gasteiger partial charge in [0.05, 0.1) is 18.9 Å². The molecule has 1 unspecified atom stereocenters. The first kappa shape index (κ1) is 10.3. The largest absolute Gasteiger partial charge is 0.376 e. The van der Waals surface area contributed by atoms with Crippen molar-refractivity contribution in [1.29, 1.82) is 0 Å². The van der Waals surface area contributed by atoms with Crippen LogP contribution in [0.15, 0.2) is 6.33 Å². The van der Waals surface area contributed by atoms with E-state index in [0.29, 0.717) is 13.2 Å². The van der Waals surface area contributed by atoms with E-state index >= 15 is 0 Å². The van der Waals surface area contributed by atoms with Crippen molar-refractivity contribution in [3.63, 3.8) is 0 Å². The van der Waals surface area contributed by atoms with E-state index in [1.54, 1.807) is 6.33 Å². The molecular weight excluding hydrogens is 192 g/mol. The highest BCUT2D eigenvalue weighted by molar-refractivity contribution is 5.46. The van der Waals surface area contributed by atoms with E-state index in [1.165, 1.54) is 0 Å². The van der Waals surface area contributed by atoms with Gasteiger partial charge in [0.25, 0.3) is 0 Å².